The molecule has 0 atom stereocenters. The number of hydrogen-bond donors (Lipinski definition) is 1. The van der Waals surface area contributed by atoms with Gasteiger partial charge in [0.05, 0.1) is 0 Å². The van der Waals surface area contributed by atoms with E-state index < -0.39 is 0 Å². The van der Waals surface area contributed by atoms with Gasteiger partial charge in [-0.1, -0.05) is 49.7 Å². The number of para-hydroxylation sites is 1. The van der Waals surface area contributed by atoms with Gasteiger partial charge in [-0.3, -0.25) is 0 Å². The molecule has 2 aromatic rings. The molecular weight excluding hydrogens is 270 g/mol. The van der Waals surface area contributed by atoms with Gasteiger partial charge < -0.3 is 10.1 Å². The second kappa shape index (κ2) is 7.32. The fourth-order valence-corrected chi connectivity index (χ4v) is 2.08. The lowest BCUT2D eigenvalue weighted by Gasteiger charge is -2.13. The highest BCUT2D eigenvalue weighted by molar-refractivity contribution is 6.30. The second-order valence-corrected chi connectivity index (χ2v) is 5.63. The third-order valence-electron chi connectivity index (χ3n) is 2.86. The van der Waals surface area contributed by atoms with E-state index in [-0.39, 0.29) is 0 Å². The zero-order valence-corrected chi connectivity index (χ0v) is 12.7. The van der Waals surface area contributed by atoms with Crippen LogP contribution in [0.2, 0.25) is 5.02 Å². The third kappa shape index (κ3) is 4.55. The Morgan fingerprint density at radius 3 is 2.65 bits per heavy atom. The minimum Gasteiger partial charge on any atom is -0.457 e. The molecule has 0 heterocycles. The van der Waals surface area contributed by atoms with Crippen LogP contribution in [0.1, 0.15) is 19.4 Å². The van der Waals surface area contributed by atoms with Gasteiger partial charge in [0.25, 0.3) is 0 Å². The van der Waals surface area contributed by atoms with Gasteiger partial charge in [-0.05, 0) is 36.7 Å². The lowest BCUT2D eigenvalue weighted by atomic mass is 10.2. The van der Waals surface area contributed by atoms with E-state index in [1.165, 1.54) is 0 Å². The first-order valence-corrected chi connectivity index (χ1v) is 7.25. The summed E-state index contributed by atoms with van der Waals surface area (Å²) in [5.74, 6) is 2.26. The molecule has 0 saturated carbocycles. The molecule has 0 aliphatic carbocycles. The molecule has 3 heteroatoms. The Morgan fingerprint density at radius 2 is 1.90 bits per heavy atom. The molecule has 0 aromatic heterocycles. The van der Waals surface area contributed by atoms with Gasteiger partial charge in [-0.2, -0.15) is 0 Å². The molecule has 2 aromatic carbocycles. The predicted molar refractivity (Wildman–Crippen MR) is 84.5 cm³/mol. The standard InChI is InChI=1S/C17H20ClNO/c1-13(2)11-19-12-14-6-3-4-9-17(14)20-16-8-5-7-15(18)10-16/h3-10,13,19H,11-12H2,1-2H3. The van der Waals surface area contributed by atoms with Crippen molar-refractivity contribution in [1.29, 1.82) is 0 Å². The number of halogens is 1. The fraction of sp³-hybridized carbons (Fsp3) is 0.294. The van der Waals surface area contributed by atoms with Crippen molar-refractivity contribution >= 4 is 11.6 Å². The Labute approximate surface area is 125 Å². The summed E-state index contributed by atoms with van der Waals surface area (Å²) >= 11 is 5.98. The highest BCUT2D eigenvalue weighted by Crippen LogP contribution is 2.27. The number of rotatable bonds is 6. The summed E-state index contributed by atoms with van der Waals surface area (Å²) in [7, 11) is 0. The first kappa shape index (κ1) is 14.9. The van der Waals surface area contributed by atoms with E-state index in [4.69, 9.17) is 16.3 Å². The smallest absolute Gasteiger partial charge is 0.131 e. The van der Waals surface area contributed by atoms with Crippen molar-refractivity contribution < 1.29 is 4.74 Å². The van der Waals surface area contributed by atoms with Gasteiger partial charge in [0.2, 0.25) is 0 Å². The minimum atomic E-state index is 0.635. The highest BCUT2D eigenvalue weighted by atomic mass is 35.5. The molecular formula is C17H20ClNO. The van der Waals surface area contributed by atoms with Crippen molar-refractivity contribution in [2.45, 2.75) is 20.4 Å². The van der Waals surface area contributed by atoms with Crippen molar-refractivity contribution in [3.05, 3.63) is 59.1 Å². The molecule has 2 rings (SSSR count). The maximum atomic E-state index is 5.98. The fourth-order valence-electron chi connectivity index (χ4n) is 1.90. The summed E-state index contributed by atoms with van der Waals surface area (Å²) in [6.45, 7) is 6.18. The van der Waals surface area contributed by atoms with E-state index in [9.17, 15) is 0 Å². The van der Waals surface area contributed by atoms with Crippen LogP contribution in [0.25, 0.3) is 0 Å². The quantitative estimate of drug-likeness (QED) is 0.818. The maximum Gasteiger partial charge on any atom is 0.131 e. The van der Waals surface area contributed by atoms with Gasteiger partial charge in [-0.15, -0.1) is 0 Å². The van der Waals surface area contributed by atoms with Crippen LogP contribution in [0.15, 0.2) is 48.5 Å². The summed E-state index contributed by atoms with van der Waals surface area (Å²) in [6, 6.07) is 15.5. The van der Waals surface area contributed by atoms with E-state index in [0.717, 1.165) is 30.2 Å². The summed E-state index contributed by atoms with van der Waals surface area (Å²) in [6.07, 6.45) is 0. The molecule has 0 amide bonds. The molecule has 106 valence electrons. The van der Waals surface area contributed by atoms with Crippen LogP contribution in [0.4, 0.5) is 0 Å². The summed E-state index contributed by atoms with van der Waals surface area (Å²) in [4.78, 5) is 0. The molecule has 0 aliphatic heterocycles. The van der Waals surface area contributed by atoms with Crippen LogP contribution < -0.4 is 10.1 Å². The van der Waals surface area contributed by atoms with E-state index in [1.807, 2.05) is 42.5 Å². The van der Waals surface area contributed by atoms with Crippen LogP contribution in [0, 0.1) is 5.92 Å². The van der Waals surface area contributed by atoms with Crippen molar-refractivity contribution in [1.82, 2.24) is 5.32 Å². The van der Waals surface area contributed by atoms with Crippen molar-refractivity contribution in [2.75, 3.05) is 6.54 Å². The maximum absolute atomic E-state index is 5.98. The molecule has 20 heavy (non-hydrogen) atoms. The summed E-state index contributed by atoms with van der Waals surface area (Å²) < 4.78 is 5.92. The van der Waals surface area contributed by atoms with Gasteiger partial charge in [0, 0.05) is 17.1 Å². The number of ether oxygens (including phenoxy) is 1. The molecule has 0 spiro atoms. The van der Waals surface area contributed by atoms with Crippen LogP contribution in [-0.2, 0) is 6.54 Å². The largest absolute Gasteiger partial charge is 0.457 e. The Bertz CT molecular complexity index is 554. The Hall–Kier alpha value is -1.51. The number of hydrogen-bond acceptors (Lipinski definition) is 2. The highest BCUT2D eigenvalue weighted by Gasteiger charge is 2.05. The Morgan fingerprint density at radius 1 is 1.10 bits per heavy atom. The van der Waals surface area contributed by atoms with Crippen molar-refractivity contribution in [2.24, 2.45) is 5.92 Å². The molecule has 0 radical (unpaired) electrons. The summed E-state index contributed by atoms with van der Waals surface area (Å²) in [5, 5.41) is 4.11. The van der Waals surface area contributed by atoms with Crippen molar-refractivity contribution in [3.8, 4) is 11.5 Å². The predicted octanol–water partition coefficient (Wildman–Crippen LogP) is 4.88. The van der Waals surface area contributed by atoms with Gasteiger partial charge in [0.15, 0.2) is 0 Å². The minimum absolute atomic E-state index is 0.635. The number of nitrogens with one attached hydrogen (secondary N) is 1. The first-order valence-electron chi connectivity index (χ1n) is 6.87. The lowest BCUT2D eigenvalue weighted by Crippen LogP contribution is -2.19. The van der Waals surface area contributed by atoms with Gasteiger partial charge >= 0.3 is 0 Å². The topological polar surface area (TPSA) is 21.3 Å². The van der Waals surface area contributed by atoms with E-state index in [2.05, 4.69) is 25.2 Å². The molecule has 0 unspecified atom stereocenters. The van der Waals surface area contributed by atoms with Crippen LogP contribution in [0.3, 0.4) is 0 Å². The lowest BCUT2D eigenvalue weighted by molar-refractivity contribution is 0.469. The monoisotopic (exact) mass is 289 g/mol. The average Bonchev–Trinajstić information content (AvgIpc) is 2.40. The Balaban J connectivity index is 2.07. The van der Waals surface area contributed by atoms with Gasteiger partial charge in [-0.25, -0.2) is 0 Å². The molecule has 0 bridgehead atoms. The molecule has 0 saturated heterocycles. The summed E-state index contributed by atoms with van der Waals surface area (Å²) in [5.41, 5.74) is 1.15. The molecule has 0 aliphatic rings. The second-order valence-electron chi connectivity index (χ2n) is 5.19. The Kier molecular flexibility index (Phi) is 5.45. The normalized spacial score (nSPS) is 10.8. The van der Waals surface area contributed by atoms with Crippen LogP contribution in [0.5, 0.6) is 11.5 Å². The van der Waals surface area contributed by atoms with E-state index in [0.29, 0.717) is 10.9 Å². The molecule has 2 nitrogen and oxygen atoms in total. The van der Waals surface area contributed by atoms with Gasteiger partial charge in [0.1, 0.15) is 11.5 Å². The first-order chi connectivity index (χ1) is 9.65. The van der Waals surface area contributed by atoms with E-state index in [1.54, 1.807) is 0 Å². The zero-order valence-electron chi connectivity index (χ0n) is 11.9. The molecule has 0 fully saturated rings. The third-order valence-corrected chi connectivity index (χ3v) is 3.10. The zero-order chi connectivity index (χ0) is 14.4. The van der Waals surface area contributed by atoms with E-state index >= 15 is 0 Å². The average molecular weight is 290 g/mol. The van der Waals surface area contributed by atoms with Crippen molar-refractivity contribution in [3.63, 3.8) is 0 Å². The molecule has 1 N–H and O–H groups in total. The van der Waals surface area contributed by atoms with Crippen LogP contribution in [-0.4, -0.2) is 6.54 Å². The van der Waals surface area contributed by atoms with Crippen LogP contribution >= 0.6 is 11.6 Å². The SMILES string of the molecule is CC(C)CNCc1ccccc1Oc1cccc(Cl)c1. The number of benzene rings is 2.